The Bertz CT molecular complexity index is 799. The molecule has 4 N–H and O–H groups in total. The van der Waals surface area contributed by atoms with E-state index in [9.17, 15) is 30.0 Å². The summed E-state index contributed by atoms with van der Waals surface area (Å²) in [5.41, 5.74) is 0.498. The van der Waals surface area contributed by atoms with Gasteiger partial charge in [-0.05, 0) is 64.4 Å². The Hall–Kier alpha value is -1.32. The van der Waals surface area contributed by atoms with Crippen LogP contribution in [-0.2, 0) is 19.1 Å². The van der Waals surface area contributed by atoms with Gasteiger partial charge in [0.2, 0.25) is 0 Å². The van der Waals surface area contributed by atoms with E-state index in [1.54, 1.807) is 13.0 Å². The molecular formula is C35H62O8. The average Bonchev–Trinajstić information content (AvgIpc) is 3.58. The van der Waals surface area contributed by atoms with Crippen molar-refractivity contribution in [3.63, 3.8) is 0 Å². The maximum atomic E-state index is 12.3. The van der Waals surface area contributed by atoms with Gasteiger partial charge in [0.1, 0.15) is 11.9 Å². The fraction of sp³-hybridized carbons (Fsp3) is 0.886. The van der Waals surface area contributed by atoms with Gasteiger partial charge in [-0.3, -0.25) is 4.79 Å². The largest absolute Gasteiger partial charge is 0.455 e. The van der Waals surface area contributed by atoms with Gasteiger partial charge in [-0.1, -0.05) is 77.6 Å². The van der Waals surface area contributed by atoms with Gasteiger partial charge in [-0.25, -0.2) is 4.79 Å². The van der Waals surface area contributed by atoms with Crippen LogP contribution in [0.25, 0.3) is 0 Å². The summed E-state index contributed by atoms with van der Waals surface area (Å²) in [5.74, 6) is -0.374. The fourth-order valence-electron chi connectivity index (χ4n) is 6.34. The summed E-state index contributed by atoms with van der Waals surface area (Å²) >= 11 is 0. The molecule has 2 rings (SSSR count). The molecule has 43 heavy (non-hydrogen) atoms. The summed E-state index contributed by atoms with van der Waals surface area (Å²) in [6, 6.07) is 0. The number of ketones is 1. The van der Waals surface area contributed by atoms with E-state index in [1.165, 1.54) is 51.4 Å². The van der Waals surface area contributed by atoms with Crippen molar-refractivity contribution in [3.05, 3.63) is 11.6 Å². The van der Waals surface area contributed by atoms with Gasteiger partial charge in [0.15, 0.2) is 0 Å². The standard InChI is InChI=1S/C35H62O8/c1-3-4-5-6-7-8-9-10-11-12-19-31(39)33-21-22-34(43-33)32(40)20-14-13-16-29(37)25-30(38)18-15-17-28(36)24-27-23-26(2)42-35(27)41/h23,26,28,30-34,36,38-40H,3-22,24-25H2,1-2H3/t26-,28+,30+,31+,32+,33+,34+/m0/s1. The summed E-state index contributed by atoms with van der Waals surface area (Å²) in [7, 11) is 0. The van der Waals surface area contributed by atoms with Crippen molar-refractivity contribution in [1.82, 2.24) is 0 Å². The minimum absolute atomic E-state index is 0.00246. The minimum atomic E-state index is -0.739. The van der Waals surface area contributed by atoms with Gasteiger partial charge in [0, 0.05) is 24.8 Å². The van der Waals surface area contributed by atoms with Crippen molar-refractivity contribution < 1.29 is 39.5 Å². The predicted octanol–water partition coefficient (Wildman–Crippen LogP) is 6.24. The van der Waals surface area contributed by atoms with Crippen LogP contribution < -0.4 is 0 Å². The molecule has 250 valence electrons. The molecule has 0 aromatic carbocycles. The van der Waals surface area contributed by atoms with Gasteiger partial charge in [-0.2, -0.15) is 0 Å². The number of carbonyl (C=O) groups excluding carboxylic acids is 2. The molecule has 0 radical (unpaired) electrons. The maximum Gasteiger partial charge on any atom is 0.334 e. The quantitative estimate of drug-likeness (QED) is 0.0668. The highest BCUT2D eigenvalue weighted by atomic mass is 16.5. The van der Waals surface area contributed by atoms with Gasteiger partial charge in [0.05, 0.1) is 36.6 Å². The Morgan fingerprint density at radius 3 is 1.86 bits per heavy atom. The van der Waals surface area contributed by atoms with E-state index < -0.39 is 24.4 Å². The second-order valence-corrected chi connectivity index (χ2v) is 13.1. The van der Waals surface area contributed by atoms with E-state index in [4.69, 9.17) is 9.47 Å². The number of aliphatic hydroxyl groups excluding tert-OH is 4. The van der Waals surface area contributed by atoms with Crippen LogP contribution in [0.5, 0.6) is 0 Å². The number of carbonyl (C=O) groups is 2. The van der Waals surface area contributed by atoms with Crippen LogP contribution >= 0.6 is 0 Å². The summed E-state index contributed by atoms with van der Waals surface area (Å²) in [6.45, 7) is 4.02. The fourth-order valence-corrected chi connectivity index (χ4v) is 6.34. The van der Waals surface area contributed by atoms with Crippen LogP contribution in [0.4, 0.5) is 0 Å². The molecule has 1 saturated heterocycles. The minimum Gasteiger partial charge on any atom is -0.455 e. The summed E-state index contributed by atoms with van der Waals surface area (Å²) in [5, 5.41) is 41.6. The molecule has 2 aliphatic heterocycles. The molecule has 7 atom stereocenters. The molecule has 0 saturated carbocycles. The normalized spacial score (nSPS) is 23.2. The lowest BCUT2D eigenvalue weighted by Crippen LogP contribution is -2.31. The van der Waals surface area contributed by atoms with Crippen LogP contribution in [0.3, 0.4) is 0 Å². The van der Waals surface area contributed by atoms with E-state index in [0.717, 1.165) is 32.1 Å². The molecule has 0 amide bonds. The van der Waals surface area contributed by atoms with Crippen molar-refractivity contribution in [2.75, 3.05) is 0 Å². The Kier molecular flexibility index (Phi) is 19.6. The molecule has 2 aliphatic rings. The lowest BCUT2D eigenvalue weighted by Gasteiger charge is -2.22. The molecule has 0 aliphatic carbocycles. The molecule has 1 fully saturated rings. The molecule has 8 heteroatoms. The zero-order chi connectivity index (χ0) is 31.5. The first-order valence-electron chi connectivity index (χ1n) is 17.5. The third-order valence-corrected chi connectivity index (χ3v) is 8.99. The zero-order valence-corrected chi connectivity index (χ0v) is 27.1. The number of esters is 1. The monoisotopic (exact) mass is 610 g/mol. The molecule has 0 bridgehead atoms. The molecule has 0 unspecified atom stereocenters. The number of aliphatic hydroxyl groups is 4. The maximum absolute atomic E-state index is 12.3. The van der Waals surface area contributed by atoms with E-state index >= 15 is 0 Å². The highest BCUT2D eigenvalue weighted by Gasteiger charge is 2.34. The first-order chi connectivity index (χ1) is 20.7. The first kappa shape index (κ1) is 37.9. The highest BCUT2D eigenvalue weighted by Crippen LogP contribution is 2.28. The first-order valence-corrected chi connectivity index (χ1v) is 17.5. The molecular weight excluding hydrogens is 548 g/mol. The number of hydrogen-bond donors (Lipinski definition) is 4. The number of cyclic esters (lactones) is 1. The van der Waals surface area contributed by atoms with Crippen LogP contribution in [0.1, 0.15) is 155 Å². The van der Waals surface area contributed by atoms with Crippen molar-refractivity contribution in [3.8, 4) is 0 Å². The van der Waals surface area contributed by atoms with Crippen LogP contribution in [0.15, 0.2) is 11.6 Å². The molecule has 0 aromatic heterocycles. The second kappa shape index (κ2) is 22.2. The van der Waals surface area contributed by atoms with Crippen LogP contribution in [0, 0.1) is 0 Å². The van der Waals surface area contributed by atoms with Gasteiger partial charge in [-0.15, -0.1) is 0 Å². The number of Topliss-reactive ketones (excluding diaryl/α,β-unsaturated/α-hetero) is 1. The van der Waals surface area contributed by atoms with Crippen molar-refractivity contribution in [2.45, 2.75) is 198 Å². The summed E-state index contributed by atoms with van der Waals surface area (Å²) in [6.07, 6.45) is 17.6. The average molecular weight is 611 g/mol. The Labute approximate surface area is 260 Å². The van der Waals surface area contributed by atoms with Gasteiger partial charge >= 0.3 is 5.97 Å². The molecule has 0 spiro atoms. The Balaban J connectivity index is 1.45. The van der Waals surface area contributed by atoms with E-state index in [1.807, 2.05) is 0 Å². The number of ether oxygens (including phenoxy) is 2. The lowest BCUT2D eigenvalue weighted by atomic mass is 9.98. The smallest absolute Gasteiger partial charge is 0.334 e. The van der Waals surface area contributed by atoms with Crippen molar-refractivity contribution >= 4 is 11.8 Å². The van der Waals surface area contributed by atoms with Crippen molar-refractivity contribution in [2.24, 2.45) is 0 Å². The Morgan fingerprint density at radius 1 is 0.767 bits per heavy atom. The van der Waals surface area contributed by atoms with E-state index in [2.05, 4.69) is 6.92 Å². The highest BCUT2D eigenvalue weighted by molar-refractivity contribution is 5.90. The van der Waals surface area contributed by atoms with Gasteiger partial charge < -0.3 is 29.9 Å². The summed E-state index contributed by atoms with van der Waals surface area (Å²) in [4.78, 5) is 23.9. The van der Waals surface area contributed by atoms with Crippen LogP contribution in [0.2, 0.25) is 0 Å². The van der Waals surface area contributed by atoms with Gasteiger partial charge in [0.25, 0.3) is 0 Å². The third kappa shape index (κ3) is 16.5. The van der Waals surface area contributed by atoms with E-state index in [0.29, 0.717) is 50.5 Å². The predicted molar refractivity (Wildman–Crippen MR) is 169 cm³/mol. The molecule has 8 nitrogen and oxygen atoms in total. The van der Waals surface area contributed by atoms with Crippen LogP contribution in [-0.4, -0.2) is 74.9 Å². The topological polar surface area (TPSA) is 134 Å². The SMILES string of the molecule is CCCCCCCCCCCC[C@@H](O)[C@H]1CC[C@H]([C@H](O)CCCCC(=O)C[C@H](O)CCC[C@@H](O)CC2=C[C@H](C)OC2=O)O1. The molecule has 2 heterocycles. The van der Waals surface area contributed by atoms with E-state index in [-0.39, 0.29) is 42.9 Å². The lowest BCUT2D eigenvalue weighted by molar-refractivity contribution is -0.139. The third-order valence-electron chi connectivity index (χ3n) is 8.99. The number of rotatable bonds is 26. The number of hydrogen-bond acceptors (Lipinski definition) is 8. The van der Waals surface area contributed by atoms with Crippen molar-refractivity contribution in [1.29, 1.82) is 0 Å². The molecule has 0 aromatic rings. The summed E-state index contributed by atoms with van der Waals surface area (Å²) < 4.78 is 11.1. The number of unbranched alkanes of at least 4 members (excludes halogenated alkanes) is 10. The Morgan fingerprint density at radius 2 is 1.30 bits per heavy atom. The second-order valence-electron chi connectivity index (χ2n) is 13.1. The zero-order valence-electron chi connectivity index (χ0n) is 27.1.